The van der Waals surface area contributed by atoms with Gasteiger partial charge < -0.3 is 20.5 Å². The average molecular weight is 510 g/mol. The Morgan fingerprint density at radius 3 is 2.57 bits per heavy atom. The Bertz CT molecular complexity index is 1270. The van der Waals surface area contributed by atoms with Gasteiger partial charge in [-0.15, -0.1) is 11.3 Å². The quantitative estimate of drug-likeness (QED) is 0.437. The van der Waals surface area contributed by atoms with Gasteiger partial charge in [0.15, 0.2) is 12.4 Å². The first-order valence-corrected chi connectivity index (χ1v) is 11.0. The first kappa shape index (κ1) is 25.7. The predicted octanol–water partition coefficient (Wildman–Crippen LogP) is 4.22. The Morgan fingerprint density at radius 1 is 1.23 bits per heavy atom. The van der Waals surface area contributed by atoms with Gasteiger partial charge in [-0.05, 0) is 50.6 Å². The second-order valence-corrected chi connectivity index (χ2v) is 8.59. The molecule has 3 N–H and O–H groups in total. The summed E-state index contributed by atoms with van der Waals surface area (Å²) in [6.45, 7) is 4.56. The molecular formula is C22H21F3N4O5S. The van der Waals surface area contributed by atoms with Crippen LogP contribution >= 0.6 is 11.3 Å². The van der Waals surface area contributed by atoms with Crippen molar-refractivity contribution in [3.8, 4) is 5.75 Å². The molecule has 0 bridgehead atoms. The number of carbonyl (C=O) groups excluding carboxylic acids is 3. The lowest BCUT2D eigenvalue weighted by molar-refractivity contribution is -0.137. The van der Waals surface area contributed by atoms with Crippen molar-refractivity contribution in [1.29, 1.82) is 0 Å². The standard InChI is InChI=1S/C22H21F3N4O5S/c1-11(2)34-21(32)16-12(3)17(18(26)30)35-20(16)27-19(31)15-7-8-29(28-15)10-33-14-6-4-5-13(9-14)22(23,24)25/h4-9,11H,10H2,1-3H3,(H2,26,30)(H,27,31). The van der Waals surface area contributed by atoms with Crippen LogP contribution in [0, 0.1) is 6.92 Å². The SMILES string of the molecule is Cc1c(C(N)=O)sc(NC(=O)c2ccn(COc3cccc(C(F)(F)F)c3)n2)c1C(=O)OC(C)C. The van der Waals surface area contributed by atoms with Gasteiger partial charge in [0.1, 0.15) is 10.8 Å². The van der Waals surface area contributed by atoms with Crippen LogP contribution in [0.2, 0.25) is 0 Å². The molecule has 0 aliphatic heterocycles. The van der Waals surface area contributed by atoms with Crippen LogP contribution < -0.4 is 15.8 Å². The van der Waals surface area contributed by atoms with Gasteiger partial charge in [-0.1, -0.05) is 6.07 Å². The molecule has 0 radical (unpaired) electrons. The van der Waals surface area contributed by atoms with E-state index >= 15 is 0 Å². The van der Waals surface area contributed by atoms with E-state index in [-0.39, 0.29) is 39.2 Å². The maximum atomic E-state index is 12.8. The minimum absolute atomic E-state index is 0.0122. The molecule has 2 heterocycles. The fraction of sp³-hybridized carbons (Fsp3) is 0.273. The van der Waals surface area contributed by atoms with Crippen molar-refractivity contribution in [2.75, 3.05) is 5.32 Å². The highest BCUT2D eigenvalue weighted by Gasteiger charge is 2.30. The average Bonchev–Trinajstić information content (AvgIpc) is 3.36. The van der Waals surface area contributed by atoms with Crippen LogP contribution in [0.5, 0.6) is 5.75 Å². The summed E-state index contributed by atoms with van der Waals surface area (Å²) < 4.78 is 50.3. The third-order valence-corrected chi connectivity index (χ3v) is 5.76. The normalized spacial score (nSPS) is 11.4. The predicted molar refractivity (Wildman–Crippen MR) is 120 cm³/mol. The van der Waals surface area contributed by atoms with Crippen molar-refractivity contribution in [3.63, 3.8) is 0 Å². The highest BCUT2D eigenvalue weighted by atomic mass is 32.1. The van der Waals surface area contributed by atoms with Crippen molar-refractivity contribution in [2.45, 2.75) is 39.8 Å². The van der Waals surface area contributed by atoms with E-state index in [1.807, 2.05) is 0 Å². The third kappa shape index (κ3) is 6.18. The first-order chi connectivity index (χ1) is 16.4. The van der Waals surface area contributed by atoms with Crippen molar-refractivity contribution < 1.29 is 37.0 Å². The van der Waals surface area contributed by atoms with Gasteiger partial charge in [0.05, 0.1) is 22.1 Å². The second-order valence-electron chi connectivity index (χ2n) is 7.57. The molecule has 0 unspecified atom stereocenters. The Morgan fingerprint density at radius 2 is 1.94 bits per heavy atom. The smallest absolute Gasteiger partial charge is 0.416 e. The van der Waals surface area contributed by atoms with Crippen LogP contribution in [0.3, 0.4) is 0 Å². The number of hydrogen-bond donors (Lipinski definition) is 2. The minimum atomic E-state index is -4.51. The lowest BCUT2D eigenvalue weighted by Crippen LogP contribution is -2.18. The Kier molecular flexibility index (Phi) is 7.48. The van der Waals surface area contributed by atoms with Crippen LogP contribution in [0.4, 0.5) is 18.2 Å². The number of nitrogens with one attached hydrogen (secondary N) is 1. The molecule has 0 aliphatic carbocycles. The zero-order valence-corrected chi connectivity index (χ0v) is 19.6. The van der Waals surface area contributed by atoms with E-state index in [0.717, 1.165) is 23.5 Å². The van der Waals surface area contributed by atoms with Gasteiger partial charge in [-0.25, -0.2) is 9.48 Å². The molecule has 0 atom stereocenters. The zero-order chi connectivity index (χ0) is 25.9. The molecule has 0 saturated heterocycles. The van der Waals surface area contributed by atoms with Crippen LogP contribution in [0.15, 0.2) is 36.5 Å². The van der Waals surface area contributed by atoms with E-state index < -0.39 is 35.6 Å². The summed E-state index contributed by atoms with van der Waals surface area (Å²) in [4.78, 5) is 37.1. The van der Waals surface area contributed by atoms with Crippen molar-refractivity contribution >= 4 is 34.1 Å². The third-order valence-electron chi connectivity index (χ3n) is 4.54. The number of primary amides is 1. The molecule has 3 aromatic rings. The molecule has 0 spiro atoms. The number of anilines is 1. The lowest BCUT2D eigenvalue weighted by atomic mass is 10.1. The van der Waals surface area contributed by atoms with Crippen LogP contribution in [0.1, 0.15) is 55.5 Å². The fourth-order valence-electron chi connectivity index (χ4n) is 2.98. The van der Waals surface area contributed by atoms with E-state index in [9.17, 15) is 27.6 Å². The van der Waals surface area contributed by atoms with Gasteiger partial charge in [0, 0.05) is 6.20 Å². The molecule has 0 fully saturated rings. The number of rotatable bonds is 8. The molecule has 0 saturated carbocycles. The molecule has 2 amide bonds. The Hall–Kier alpha value is -3.87. The monoisotopic (exact) mass is 510 g/mol. The summed E-state index contributed by atoms with van der Waals surface area (Å²) in [7, 11) is 0. The number of halogens is 3. The number of thiophene rings is 1. The van der Waals surface area contributed by atoms with Crippen molar-refractivity contribution in [3.05, 3.63) is 63.8 Å². The summed E-state index contributed by atoms with van der Waals surface area (Å²) >= 11 is 0.832. The Labute approximate surface area is 201 Å². The number of hydrogen-bond acceptors (Lipinski definition) is 7. The van der Waals surface area contributed by atoms with Gasteiger partial charge in [-0.2, -0.15) is 18.3 Å². The highest BCUT2D eigenvalue weighted by molar-refractivity contribution is 7.18. The number of carbonyl (C=O) groups is 3. The topological polar surface area (TPSA) is 126 Å². The largest absolute Gasteiger partial charge is 0.471 e. The summed E-state index contributed by atoms with van der Waals surface area (Å²) in [6.07, 6.45) is -3.55. The fourth-order valence-corrected chi connectivity index (χ4v) is 4.02. The van der Waals surface area contributed by atoms with Crippen LogP contribution in [0.25, 0.3) is 0 Å². The summed E-state index contributed by atoms with van der Waals surface area (Å²) in [5.74, 6) is -2.21. The number of benzene rings is 1. The highest BCUT2D eigenvalue weighted by Crippen LogP contribution is 2.34. The molecule has 3 rings (SSSR count). The number of ether oxygens (including phenoxy) is 2. The Balaban J connectivity index is 1.74. The zero-order valence-electron chi connectivity index (χ0n) is 18.8. The van der Waals surface area contributed by atoms with Crippen LogP contribution in [-0.2, 0) is 17.6 Å². The number of esters is 1. The number of amides is 2. The van der Waals surface area contributed by atoms with Crippen molar-refractivity contribution in [2.24, 2.45) is 5.73 Å². The molecule has 186 valence electrons. The van der Waals surface area contributed by atoms with Gasteiger partial charge in [-0.3, -0.25) is 9.59 Å². The number of alkyl halides is 3. The second kappa shape index (κ2) is 10.2. The summed E-state index contributed by atoms with van der Waals surface area (Å²) in [6, 6.07) is 5.70. The lowest BCUT2D eigenvalue weighted by Gasteiger charge is -2.10. The molecule has 2 aromatic heterocycles. The molecule has 13 heteroatoms. The maximum absolute atomic E-state index is 12.8. The van der Waals surface area contributed by atoms with E-state index in [1.54, 1.807) is 13.8 Å². The summed E-state index contributed by atoms with van der Waals surface area (Å²) in [5, 5.41) is 6.64. The maximum Gasteiger partial charge on any atom is 0.416 e. The van der Waals surface area contributed by atoms with Gasteiger partial charge >= 0.3 is 12.1 Å². The number of aromatic nitrogens is 2. The van der Waals surface area contributed by atoms with E-state index in [1.165, 1.54) is 36.0 Å². The minimum Gasteiger partial charge on any atom is -0.471 e. The van der Waals surface area contributed by atoms with E-state index in [2.05, 4.69) is 10.4 Å². The molecule has 0 aliphatic rings. The number of nitrogens with two attached hydrogens (primary N) is 1. The molecule has 1 aromatic carbocycles. The number of nitrogens with zero attached hydrogens (tertiary/aromatic N) is 2. The van der Waals surface area contributed by atoms with Crippen LogP contribution in [-0.4, -0.2) is 33.7 Å². The van der Waals surface area contributed by atoms with Gasteiger partial charge in [0.25, 0.3) is 11.8 Å². The van der Waals surface area contributed by atoms with Crippen molar-refractivity contribution in [1.82, 2.24) is 9.78 Å². The molecule has 35 heavy (non-hydrogen) atoms. The molecule has 9 nitrogen and oxygen atoms in total. The molecular weight excluding hydrogens is 489 g/mol. The first-order valence-electron chi connectivity index (χ1n) is 10.2. The van der Waals surface area contributed by atoms with Gasteiger partial charge in [0.2, 0.25) is 0 Å². The van der Waals surface area contributed by atoms with E-state index in [0.29, 0.717) is 0 Å². The summed E-state index contributed by atoms with van der Waals surface area (Å²) in [5.41, 5.74) is 4.75. The van der Waals surface area contributed by atoms with E-state index in [4.69, 9.17) is 15.2 Å².